The van der Waals surface area contributed by atoms with Crippen molar-refractivity contribution in [2.24, 2.45) is 5.10 Å². The van der Waals surface area contributed by atoms with Gasteiger partial charge in [0.25, 0.3) is 5.78 Å². The second-order valence-corrected chi connectivity index (χ2v) is 3.60. The van der Waals surface area contributed by atoms with Gasteiger partial charge in [-0.05, 0) is 12.1 Å². The first kappa shape index (κ1) is 10.4. The van der Waals surface area contributed by atoms with Gasteiger partial charge in [-0.15, -0.1) is 5.10 Å². The van der Waals surface area contributed by atoms with Crippen molar-refractivity contribution in [1.82, 2.24) is 4.90 Å². The Bertz CT molecular complexity index is 465. The summed E-state index contributed by atoms with van der Waals surface area (Å²) in [6.45, 7) is 0. The van der Waals surface area contributed by atoms with Crippen molar-refractivity contribution in [3.63, 3.8) is 0 Å². The summed E-state index contributed by atoms with van der Waals surface area (Å²) >= 11 is 0. The molecular weight excluding hydrogens is 206 g/mol. The van der Waals surface area contributed by atoms with Crippen molar-refractivity contribution in [1.29, 1.82) is 0 Å². The fraction of sp³-hybridized carbons (Fsp3) is 0.182. The van der Waals surface area contributed by atoms with Gasteiger partial charge in [0.15, 0.2) is 0 Å². The summed E-state index contributed by atoms with van der Waals surface area (Å²) < 4.78 is 0. The van der Waals surface area contributed by atoms with E-state index in [4.69, 9.17) is 0 Å². The number of para-hydroxylation sites is 1. The molecule has 0 atom stereocenters. The van der Waals surface area contributed by atoms with E-state index < -0.39 is 11.7 Å². The van der Waals surface area contributed by atoms with Crippen LogP contribution in [-0.4, -0.2) is 36.5 Å². The Labute approximate surface area is 93.0 Å². The fourth-order valence-corrected chi connectivity index (χ4v) is 1.41. The van der Waals surface area contributed by atoms with Gasteiger partial charge >= 0.3 is 5.91 Å². The van der Waals surface area contributed by atoms with Crippen LogP contribution in [0.3, 0.4) is 0 Å². The number of hydrogen-bond acceptors (Lipinski definition) is 4. The van der Waals surface area contributed by atoms with Crippen LogP contribution in [0.4, 0.5) is 5.69 Å². The Morgan fingerprint density at radius 2 is 1.75 bits per heavy atom. The molecule has 0 bridgehead atoms. The van der Waals surface area contributed by atoms with Crippen molar-refractivity contribution >= 4 is 23.2 Å². The lowest BCUT2D eigenvalue weighted by Crippen LogP contribution is -2.32. The van der Waals surface area contributed by atoms with Gasteiger partial charge in [-0.1, -0.05) is 18.2 Å². The third-order valence-electron chi connectivity index (χ3n) is 2.21. The molecule has 0 fully saturated rings. The number of benzene rings is 1. The number of carbonyl (C=O) groups excluding carboxylic acids is 2. The first-order valence-corrected chi connectivity index (χ1v) is 4.81. The van der Waals surface area contributed by atoms with Crippen LogP contribution in [0.25, 0.3) is 0 Å². The number of amidine groups is 1. The summed E-state index contributed by atoms with van der Waals surface area (Å²) in [5, 5.41) is 5.12. The molecule has 5 nitrogen and oxygen atoms in total. The van der Waals surface area contributed by atoms with E-state index in [0.29, 0.717) is 5.69 Å². The van der Waals surface area contributed by atoms with E-state index in [0.717, 1.165) is 5.01 Å². The molecule has 2 rings (SSSR count). The molecule has 1 amide bonds. The minimum Gasteiger partial charge on any atom is -0.358 e. The predicted molar refractivity (Wildman–Crippen MR) is 60.1 cm³/mol. The number of anilines is 1. The van der Waals surface area contributed by atoms with Gasteiger partial charge in [0, 0.05) is 14.1 Å². The molecule has 0 aromatic heterocycles. The van der Waals surface area contributed by atoms with Crippen LogP contribution in [0.1, 0.15) is 0 Å². The SMILES string of the molecule is CN(C)C1=NN(c2ccccc2)C(=O)C1=O. The minimum absolute atomic E-state index is 0.161. The summed E-state index contributed by atoms with van der Waals surface area (Å²) in [5.41, 5.74) is 0.595. The van der Waals surface area contributed by atoms with Gasteiger partial charge < -0.3 is 4.90 Å². The van der Waals surface area contributed by atoms with Gasteiger partial charge in [0.05, 0.1) is 5.69 Å². The lowest BCUT2D eigenvalue weighted by Gasteiger charge is -2.10. The molecule has 5 heteroatoms. The number of ketones is 1. The van der Waals surface area contributed by atoms with Gasteiger partial charge in [-0.2, -0.15) is 5.01 Å². The highest BCUT2D eigenvalue weighted by Crippen LogP contribution is 2.18. The minimum atomic E-state index is -0.616. The van der Waals surface area contributed by atoms with Gasteiger partial charge in [0.1, 0.15) is 0 Å². The molecule has 0 saturated carbocycles. The van der Waals surface area contributed by atoms with Crippen LogP contribution in [0.15, 0.2) is 35.4 Å². The van der Waals surface area contributed by atoms with Crippen molar-refractivity contribution in [2.45, 2.75) is 0 Å². The molecule has 0 unspecified atom stereocenters. The van der Waals surface area contributed by atoms with Crippen molar-refractivity contribution in [3.8, 4) is 0 Å². The maximum atomic E-state index is 11.7. The van der Waals surface area contributed by atoms with Crippen LogP contribution in [0.2, 0.25) is 0 Å². The zero-order chi connectivity index (χ0) is 11.7. The first-order chi connectivity index (χ1) is 7.61. The average Bonchev–Trinajstić information content (AvgIpc) is 2.58. The van der Waals surface area contributed by atoms with Gasteiger partial charge in [0.2, 0.25) is 5.84 Å². The summed E-state index contributed by atoms with van der Waals surface area (Å²) in [4.78, 5) is 24.8. The van der Waals surface area contributed by atoms with E-state index in [9.17, 15) is 9.59 Å². The predicted octanol–water partition coefficient (Wildman–Crippen LogP) is 0.477. The molecule has 16 heavy (non-hydrogen) atoms. The van der Waals surface area contributed by atoms with Crippen molar-refractivity contribution < 1.29 is 9.59 Å². The molecule has 0 saturated heterocycles. The number of carbonyl (C=O) groups is 2. The molecule has 0 radical (unpaired) electrons. The highest BCUT2D eigenvalue weighted by atomic mass is 16.2. The lowest BCUT2D eigenvalue weighted by molar-refractivity contribution is -0.131. The zero-order valence-electron chi connectivity index (χ0n) is 9.04. The summed E-state index contributed by atoms with van der Waals surface area (Å²) in [6.07, 6.45) is 0. The maximum absolute atomic E-state index is 11.7. The molecule has 82 valence electrons. The summed E-state index contributed by atoms with van der Waals surface area (Å²) in [6, 6.07) is 8.87. The van der Waals surface area contributed by atoms with E-state index in [1.807, 2.05) is 6.07 Å². The van der Waals surface area contributed by atoms with E-state index in [1.54, 1.807) is 38.4 Å². The van der Waals surface area contributed by atoms with Crippen molar-refractivity contribution in [2.75, 3.05) is 19.1 Å². The number of amides is 1. The highest BCUT2D eigenvalue weighted by Gasteiger charge is 2.35. The third kappa shape index (κ3) is 1.56. The Morgan fingerprint density at radius 3 is 2.25 bits per heavy atom. The second-order valence-electron chi connectivity index (χ2n) is 3.60. The Balaban J connectivity index is 2.38. The first-order valence-electron chi connectivity index (χ1n) is 4.81. The number of hydrazone groups is 1. The molecule has 1 aliphatic rings. The molecule has 1 aromatic rings. The smallest absolute Gasteiger partial charge is 0.323 e. The number of likely N-dealkylation sites (N-methyl/N-ethyl adjacent to an activating group) is 1. The molecule has 0 N–H and O–H groups in total. The van der Waals surface area contributed by atoms with Crippen LogP contribution < -0.4 is 5.01 Å². The topological polar surface area (TPSA) is 53.0 Å². The van der Waals surface area contributed by atoms with Crippen LogP contribution in [-0.2, 0) is 9.59 Å². The average molecular weight is 217 g/mol. The number of rotatable bonds is 1. The molecule has 1 aromatic carbocycles. The monoisotopic (exact) mass is 217 g/mol. The van der Waals surface area contributed by atoms with E-state index in [1.165, 1.54) is 4.90 Å². The van der Waals surface area contributed by atoms with Gasteiger partial charge in [-0.25, -0.2) is 0 Å². The second kappa shape index (κ2) is 3.77. The molecule has 0 aliphatic carbocycles. The number of Topliss-reactive ketones (excluding diaryl/α,β-unsaturated/α-hetero) is 1. The van der Waals surface area contributed by atoms with Gasteiger partial charge in [-0.3, -0.25) is 9.59 Å². The lowest BCUT2D eigenvalue weighted by atomic mass is 10.3. The van der Waals surface area contributed by atoms with E-state index in [2.05, 4.69) is 5.10 Å². The van der Waals surface area contributed by atoms with Crippen LogP contribution >= 0.6 is 0 Å². The Kier molecular flexibility index (Phi) is 2.44. The van der Waals surface area contributed by atoms with Crippen LogP contribution in [0, 0.1) is 0 Å². The molecular formula is C11H11N3O2. The summed E-state index contributed by atoms with van der Waals surface area (Å²) in [7, 11) is 3.36. The van der Waals surface area contributed by atoms with Crippen LogP contribution in [0.5, 0.6) is 0 Å². The highest BCUT2D eigenvalue weighted by molar-refractivity contribution is 6.69. The molecule has 0 spiro atoms. The summed E-state index contributed by atoms with van der Waals surface area (Å²) in [5.74, 6) is -1.03. The zero-order valence-corrected chi connectivity index (χ0v) is 9.04. The maximum Gasteiger partial charge on any atom is 0.323 e. The Morgan fingerprint density at radius 1 is 1.12 bits per heavy atom. The third-order valence-corrected chi connectivity index (χ3v) is 2.21. The largest absolute Gasteiger partial charge is 0.358 e. The van der Waals surface area contributed by atoms with Crippen molar-refractivity contribution in [3.05, 3.63) is 30.3 Å². The van der Waals surface area contributed by atoms with E-state index in [-0.39, 0.29) is 5.84 Å². The fourth-order valence-electron chi connectivity index (χ4n) is 1.41. The number of hydrogen-bond donors (Lipinski definition) is 0. The number of nitrogens with zero attached hydrogens (tertiary/aromatic N) is 3. The normalized spacial score (nSPS) is 15.4. The molecule has 1 aliphatic heterocycles. The molecule has 1 heterocycles. The quantitative estimate of drug-likeness (QED) is 0.643. The Hall–Kier alpha value is -2.17. The standard InChI is InChI=1S/C11H11N3O2/c1-13(2)10-9(15)11(16)14(12-10)8-6-4-3-5-7-8/h3-7H,1-2H3. The van der Waals surface area contributed by atoms with E-state index >= 15 is 0 Å².